The highest BCUT2D eigenvalue weighted by Crippen LogP contribution is 2.37. The zero-order valence-electron chi connectivity index (χ0n) is 32.5. The van der Waals surface area contributed by atoms with Crippen molar-refractivity contribution in [3.05, 3.63) is 141 Å². The van der Waals surface area contributed by atoms with Gasteiger partial charge in [0.15, 0.2) is 23.9 Å². The predicted octanol–water partition coefficient (Wildman–Crippen LogP) is 9.04. The number of furan rings is 1. The predicted molar refractivity (Wildman–Crippen MR) is 214 cm³/mol. The summed E-state index contributed by atoms with van der Waals surface area (Å²) in [4.78, 5) is 29.3. The topological polar surface area (TPSA) is 113 Å². The van der Waals surface area contributed by atoms with Crippen LogP contribution in [0, 0.1) is 5.92 Å². The number of carbonyl (C=O) groups is 2. The summed E-state index contributed by atoms with van der Waals surface area (Å²) < 4.78 is 62.1. The Labute approximate surface area is 350 Å². The first kappa shape index (κ1) is 41.8. The minimum Gasteiger partial charge on any atom is -0.490 e. The monoisotopic (exact) mass is 850 g/mol. The zero-order chi connectivity index (χ0) is 41.5. The van der Waals surface area contributed by atoms with E-state index >= 15 is 0 Å². The van der Waals surface area contributed by atoms with E-state index in [1.807, 2.05) is 48.5 Å². The fourth-order valence-electron chi connectivity index (χ4n) is 7.49. The first-order valence-corrected chi connectivity index (χ1v) is 20.1. The highest BCUT2D eigenvalue weighted by Gasteiger charge is 2.37. The average molecular weight is 852 g/mol. The van der Waals surface area contributed by atoms with E-state index in [0.29, 0.717) is 38.6 Å². The largest absolute Gasteiger partial charge is 0.490 e. The van der Waals surface area contributed by atoms with E-state index in [-0.39, 0.29) is 43.0 Å². The molecule has 3 aliphatic rings. The Kier molecular flexibility index (Phi) is 13.5. The van der Waals surface area contributed by atoms with Gasteiger partial charge >= 0.3 is 18.7 Å². The Balaban J connectivity index is 1.05. The van der Waals surface area contributed by atoms with E-state index < -0.39 is 30.8 Å². The average Bonchev–Trinajstić information content (AvgIpc) is 3.71. The van der Waals surface area contributed by atoms with Crippen molar-refractivity contribution in [2.45, 2.75) is 57.7 Å². The fraction of sp³-hybridized carbons (Fsp3) is 0.341. The minimum absolute atomic E-state index is 0.0270. The molecule has 3 aliphatic heterocycles. The Morgan fingerprint density at radius 2 is 1.64 bits per heavy atom. The summed E-state index contributed by atoms with van der Waals surface area (Å²) in [7, 11) is 1.76. The molecule has 8 rings (SSSR count). The quantitative estimate of drug-likeness (QED) is 0.0768. The number of fused-ring (bicyclic) bond motifs is 3. The van der Waals surface area contributed by atoms with Crippen LogP contribution in [-0.4, -0.2) is 55.9 Å². The maximum atomic E-state index is 13.6. The van der Waals surface area contributed by atoms with Crippen LogP contribution < -0.4 is 24.1 Å². The van der Waals surface area contributed by atoms with E-state index in [0.717, 1.165) is 43.6 Å². The van der Waals surface area contributed by atoms with Crippen molar-refractivity contribution in [3.63, 3.8) is 0 Å². The van der Waals surface area contributed by atoms with Gasteiger partial charge in [-0.3, -0.25) is 4.90 Å². The lowest BCUT2D eigenvalue weighted by atomic mass is 9.86. The van der Waals surface area contributed by atoms with E-state index in [2.05, 4.69) is 15.0 Å². The minimum atomic E-state index is -3.07. The highest BCUT2D eigenvalue weighted by molar-refractivity contribution is 6.35. The zero-order valence-corrected chi connectivity index (χ0v) is 34.0. The number of alkyl carbamates (subject to hydrolysis) is 1. The number of piperidine rings is 3. The molecule has 0 unspecified atom stereocenters. The normalized spacial score (nSPS) is 18.2. The van der Waals surface area contributed by atoms with E-state index in [1.165, 1.54) is 24.3 Å². The van der Waals surface area contributed by atoms with Gasteiger partial charge in [0, 0.05) is 18.5 Å². The molecule has 15 heteroatoms. The van der Waals surface area contributed by atoms with Gasteiger partial charge < -0.3 is 33.4 Å². The van der Waals surface area contributed by atoms with Crippen molar-refractivity contribution < 1.29 is 51.0 Å². The molecule has 310 valence electrons. The number of ether oxygens (including phenoxy) is 5. The second-order valence-corrected chi connectivity index (χ2v) is 15.2. The number of hydrogen-bond donors (Lipinski definition) is 1. The smallest absolute Gasteiger partial charge is 0.408 e. The lowest BCUT2D eigenvalue weighted by Gasteiger charge is -2.43. The number of aromatic nitrogens is 1. The van der Waals surface area contributed by atoms with Crippen LogP contribution in [0.2, 0.25) is 10.0 Å². The van der Waals surface area contributed by atoms with Crippen molar-refractivity contribution in [2.75, 3.05) is 26.2 Å². The number of hydrogen-bond acceptors (Lipinski definition) is 9. The molecule has 0 saturated carbocycles. The van der Waals surface area contributed by atoms with Crippen LogP contribution in [0.3, 0.4) is 0 Å². The fourth-order valence-corrected chi connectivity index (χ4v) is 8.20. The number of rotatable bonds is 16. The van der Waals surface area contributed by atoms with E-state index in [4.69, 9.17) is 46.6 Å². The van der Waals surface area contributed by atoms with Crippen molar-refractivity contribution in [1.29, 1.82) is 0 Å². The maximum Gasteiger partial charge on any atom is 0.408 e. The molecule has 0 radical (unpaired) electrons. The summed E-state index contributed by atoms with van der Waals surface area (Å²) in [5.74, 6) is 0.190. The van der Waals surface area contributed by atoms with Crippen LogP contribution in [0.5, 0.6) is 17.2 Å². The molecule has 5 aromatic rings. The lowest BCUT2D eigenvalue weighted by Crippen LogP contribution is -2.52. The third kappa shape index (κ3) is 10.6. The molecule has 1 amide bonds. The Bertz CT molecular complexity index is 2210. The molecule has 0 spiro atoms. The number of benzene rings is 3. The standard InChI is InChI=1S/C44H43Cl2F2N3O8/c1-3-54-39-21-29(12-14-36(39)58-43(47)48)38(22-33-34(45)23-50(2)24-35(33)46)57-42(52)37-15-13-32(56-37)26-55-31-11-7-10-30(20-31)41(28-8-5-4-6-9-28)49-44(53)59-40-25-51-18-16-27(40)17-19-51/h4-15,20-21,23-24,27,38,40-41,43H,3,16-19,22,25-26H2,1-2H3/p+1/t38-,40-,41-/m0/s1. The maximum absolute atomic E-state index is 13.6. The van der Waals surface area contributed by atoms with Crippen LogP contribution in [0.25, 0.3) is 0 Å². The molecule has 3 saturated heterocycles. The third-order valence-corrected chi connectivity index (χ3v) is 11.0. The second-order valence-electron chi connectivity index (χ2n) is 14.4. The number of alkyl halides is 2. The summed E-state index contributed by atoms with van der Waals surface area (Å²) >= 11 is 13.1. The highest BCUT2D eigenvalue weighted by atomic mass is 35.5. The summed E-state index contributed by atoms with van der Waals surface area (Å²) in [6, 6.07) is 23.8. The summed E-state index contributed by atoms with van der Waals surface area (Å²) in [5.41, 5.74) is 2.57. The number of halogens is 4. The second kappa shape index (κ2) is 19.1. The number of carbonyl (C=O) groups excluding carboxylic acids is 2. The first-order valence-electron chi connectivity index (χ1n) is 19.3. The lowest BCUT2D eigenvalue weighted by molar-refractivity contribution is -0.671. The van der Waals surface area contributed by atoms with Crippen molar-refractivity contribution >= 4 is 35.3 Å². The number of nitrogens with one attached hydrogen (secondary N) is 1. The molecular formula is C44H44Cl2F2N3O8+. The van der Waals surface area contributed by atoms with Gasteiger partial charge in [-0.05, 0) is 91.9 Å². The van der Waals surface area contributed by atoms with Gasteiger partial charge in [0.2, 0.25) is 5.76 Å². The molecule has 0 aliphatic carbocycles. The van der Waals surface area contributed by atoms with Gasteiger partial charge in [0.05, 0.1) is 12.6 Å². The van der Waals surface area contributed by atoms with Gasteiger partial charge in [-0.2, -0.15) is 8.78 Å². The van der Waals surface area contributed by atoms with Crippen molar-refractivity contribution in [3.8, 4) is 17.2 Å². The summed E-state index contributed by atoms with van der Waals surface area (Å²) in [6.45, 7) is 1.62. The Morgan fingerprint density at radius 1 is 0.898 bits per heavy atom. The van der Waals surface area contributed by atoms with Gasteiger partial charge in [0.1, 0.15) is 47.4 Å². The Hall–Kier alpha value is -5.37. The molecule has 1 N–H and O–H groups in total. The SMILES string of the molecule is CCOc1cc([C@H](Cc2c(Cl)c[n+](C)cc2Cl)OC(=O)c2ccc(COc3cccc([C@@H](NC(=O)O[C@H]4CN5CCC4CC5)c4ccccc4)c3)o2)ccc1OC(F)F. The number of aryl methyl sites for hydroxylation is 1. The van der Waals surface area contributed by atoms with Gasteiger partial charge in [-0.25, -0.2) is 14.2 Å². The van der Waals surface area contributed by atoms with E-state index in [9.17, 15) is 18.4 Å². The van der Waals surface area contributed by atoms with Crippen LogP contribution in [0.1, 0.15) is 70.5 Å². The van der Waals surface area contributed by atoms with Crippen molar-refractivity contribution in [2.24, 2.45) is 13.0 Å². The first-order chi connectivity index (χ1) is 28.5. The van der Waals surface area contributed by atoms with Crippen LogP contribution in [0.4, 0.5) is 13.6 Å². The molecule has 2 bridgehead atoms. The van der Waals surface area contributed by atoms with Crippen LogP contribution in [0.15, 0.2) is 102 Å². The van der Waals surface area contributed by atoms with Crippen LogP contribution in [-0.2, 0) is 29.5 Å². The molecular weight excluding hydrogens is 807 g/mol. The van der Waals surface area contributed by atoms with E-state index in [1.54, 1.807) is 43.1 Å². The molecule has 2 aromatic heterocycles. The number of nitrogens with zero attached hydrogens (tertiary/aromatic N) is 2. The third-order valence-electron chi connectivity index (χ3n) is 10.4. The van der Waals surface area contributed by atoms with Gasteiger partial charge in [0.25, 0.3) is 0 Å². The summed E-state index contributed by atoms with van der Waals surface area (Å²) in [6.07, 6.45) is 3.81. The number of esters is 1. The molecule has 3 atom stereocenters. The molecule has 59 heavy (non-hydrogen) atoms. The number of pyridine rings is 1. The van der Waals surface area contributed by atoms with Crippen molar-refractivity contribution in [1.82, 2.24) is 10.2 Å². The molecule has 3 aromatic carbocycles. The van der Waals surface area contributed by atoms with Crippen LogP contribution >= 0.6 is 23.2 Å². The number of amides is 1. The molecule has 3 fully saturated rings. The van der Waals surface area contributed by atoms with Gasteiger partial charge in [-0.15, -0.1) is 0 Å². The summed E-state index contributed by atoms with van der Waals surface area (Å²) in [5, 5.41) is 3.75. The Morgan fingerprint density at radius 3 is 2.34 bits per heavy atom. The van der Waals surface area contributed by atoms with Gasteiger partial charge in [-0.1, -0.05) is 71.7 Å². The molecule has 11 nitrogen and oxygen atoms in total. The molecule has 5 heterocycles.